The minimum absolute atomic E-state index is 0.0472. The Labute approximate surface area is 109 Å². The minimum atomic E-state index is -3.06. The van der Waals surface area contributed by atoms with E-state index in [1.54, 1.807) is 24.3 Å². The summed E-state index contributed by atoms with van der Waals surface area (Å²) in [6, 6.07) is 8.99. The van der Waals surface area contributed by atoms with E-state index in [9.17, 15) is 13.6 Å². The highest BCUT2D eigenvalue weighted by atomic mass is 19.3. The van der Waals surface area contributed by atoms with Crippen LogP contribution in [0.15, 0.2) is 30.3 Å². The Kier molecular flexibility index (Phi) is 3.99. The molecule has 19 heavy (non-hydrogen) atoms. The highest BCUT2D eigenvalue weighted by molar-refractivity contribution is 5.68. The minimum Gasteiger partial charge on any atom is -0.445 e. The van der Waals surface area contributed by atoms with Crippen LogP contribution in [0.5, 0.6) is 0 Å². The summed E-state index contributed by atoms with van der Waals surface area (Å²) in [4.78, 5) is 12.6. The standard InChI is InChI=1S/C13H15F2NO3/c14-13(15)9-16(6-11(13)7-17)12(18)19-8-10-4-2-1-3-5-10/h1-5,11,17H,6-9H2/t11-/m0/s1. The topological polar surface area (TPSA) is 49.8 Å². The van der Waals surface area contributed by atoms with Crippen molar-refractivity contribution >= 4 is 6.09 Å². The van der Waals surface area contributed by atoms with Gasteiger partial charge in [0.2, 0.25) is 0 Å². The second kappa shape index (κ2) is 5.52. The fraction of sp³-hybridized carbons (Fsp3) is 0.462. The quantitative estimate of drug-likeness (QED) is 0.913. The van der Waals surface area contributed by atoms with Crippen molar-refractivity contribution in [3.63, 3.8) is 0 Å². The summed E-state index contributed by atoms with van der Waals surface area (Å²) in [6.45, 7) is -1.48. The zero-order valence-corrected chi connectivity index (χ0v) is 10.3. The number of alkyl halides is 2. The lowest BCUT2D eigenvalue weighted by Crippen LogP contribution is -2.32. The van der Waals surface area contributed by atoms with E-state index in [4.69, 9.17) is 9.84 Å². The van der Waals surface area contributed by atoms with E-state index >= 15 is 0 Å². The molecule has 1 saturated heterocycles. The van der Waals surface area contributed by atoms with Gasteiger partial charge in [-0.2, -0.15) is 0 Å². The number of halogens is 2. The van der Waals surface area contributed by atoms with Crippen LogP contribution in [0.4, 0.5) is 13.6 Å². The fourth-order valence-electron chi connectivity index (χ4n) is 1.99. The van der Waals surface area contributed by atoms with Gasteiger partial charge in [-0.3, -0.25) is 0 Å². The van der Waals surface area contributed by atoms with E-state index in [0.717, 1.165) is 10.5 Å². The molecule has 1 fully saturated rings. The van der Waals surface area contributed by atoms with Gasteiger partial charge in [-0.15, -0.1) is 0 Å². The van der Waals surface area contributed by atoms with Crippen LogP contribution in [0.1, 0.15) is 5.56 Å². The Morgan fingerprint density at radius 1 is 1.42 bits per heavy atom. The van der Waals surface area contributed by atoms with E-state index < -0.39 is 31.1 Å². The predicted octanol–water partition coefficient (Wildman–Crippen LogP) is 1.88. The van der Waals surface area contributed by atoms with Crippen molar-refractivity contribution in [2.45, 2.75) is 12.5 Å². The van der Waals surface area contributed by atoms with Crippen LogP contribution in [0.2, 0.25) is 0 Å². The molecule has 0 radical (unpaired) electrons. The molecule has 0 saturated carbocycles. The Morgan fingerprint density at radius 2 is 2.11 bits per heavy atom. The van der Waals surface area contributed by atoms with E-state index in [2.05, 4.69) is 0 Å². The van der Waals surface area contributed by atoms with Gasteiger partial charge < -0.3 is 14.7 Å². The number of ether oxygens (including phenoxy) is 1. The number of hydrogen-bond donors (Lipinski definition) is 1. The van der Waals surface area contributed by atoms with Crippen LogP contribution in [0.25, 0.3) is 0 Å². The number of benzene rings is 1. The first kappa shape index (κ1) is 13.7. The molecule has 1 atom stereocenters. The normalized spacial score (nSPS) is 21.4. The van der Waals surface area contributed by atoms with Gasteiger partial charge in [-0.25, -0.2) is 13.6 Å². The maximum Gasteiger partial charge on any atom is 0.410 e. The second-order valence-corrected chi connectivity index (χ2v) is 4.56. The number of hydrogen-bond acceptors (Lipinski definition) is 3. The second-order valence-electron chi connectivity index (χ2n) is 4.56. The van der Waals surface area contributed by atoms with Gasteiger partial charge in [-0.05, 0) is 5.56 Å². The van der Waals surface area contributed by atoms with Crippen LogP contribution < -0.4 is 0 Å². The first-order chi connectivity index (χ1) is 9.03. The lowest BCUT2D eigenvalue weighted by Gasteiger charge is -2.15. The third-order valence-electron chi connectivity index (χ3n) is 3.12. The maximum absolute atomic E-state index is 13.4. The van der Waals surface area contributed by atoms with Crippen molar-refractivity contribution in [3.8, 4) is 0 Å². The zero-order valence-electron chi connectivity index (χ0n) is 10.3. The van der Waals surface area contributed by atoms with Crippen LogP contribution >= 0.6 is 0 Å². The summed E-state index contributed by atoms with van der Waals surface area (Å²) in [6.07, 6.45) is -0.778. The van der Waals surface area contributed by atoms with Crippen LogP contribution in [0.3, 0.4) is 0 Å². The van der Waals surface area contributed by atoms with Crippen molar-refractivity contribution in [2.75, 3.05) is 19.7 Å². The van der Waals surface area contributed by atoms with Crippen LogP contribution in [-0.2, 0) is 11.3 Å². The van der Waals surface area contributed by atoms with Crippen molar-refractivity contribution in [1.29, 1.82) is 0 Å². The van der Waals surface area contributed by atoms with Gasteiger partial charge in [0.05, 0.1) is 19.1 Å². The Balaban J connectivity index is 1.88. The molecule has 0 spiro atoms. The summed E-state index contributed by atoms with van der Waals surface area (Å²) < 4.78 is 31.7. The van der Waals surface area contributed by atoms with E-state index in [1.165, 1.54) is 0 Å². The maximum atomic E-state index is 13.4. The molecule has 0 aromatic heterocycles. The summed E-state index contributed by atoms with van der Waals surface area (Å²) >= 11 is 0. The number of rotatable bonds is 3. The van der Waals surface area contributed by atoms with E-state index in [0.29, 0.717) is 0 Å². The molecule has 0 unspecified atom stereocenters. The molecular formula is C13H15F2NO3. The SMILES string of the molecule is O=C(OCc1ccccc1)N1C[C@@H](CO)C(F)(F)C1. The highest BCUT2D eigenvalue weighted by Crippen LogP contribution is 2.32. The smallest absolute Gasteiger partial charge is 0.410 e. The number of amides is 1. The molecule has 1 aromatic carbocycles. The van der Waals surface area contributed by atoms with Crippen molar-refractivity contribution in [1.82, 2.24) is 4.90 Å². The Morgan fingerprint density at radius 3 is 2.68 bits per heavy atom. The molecule has 0 bridgehead atoms. The van der Waals surface area contributed by atoms with Crippen LogP contribution in [0, 0.1) is 5.92 Å². The molecular weight excluding hydrogens is 256 g/mol. The monoisotopic (exact) mass is 271 g/mol. The molecule has 4 nitrogen and oxygen atoms in total. The summed E-state index contributed by atoms with van der Waals surface area (Å²) in [7, 11) is 0. The number of aliphatic hydroxyl groups is 1. The number of aliphatic hydroxyl groups excluding tert-OH is 1. The molecule has 0 aliphatic carbocycles. The number of likely N-dealkylation sites (tertiary alicyclic amines) is 1. The summed E-state index contributed by atoms with van der Waals surface area (Å²) in [5, 5.41) is 8.85. The molecule has 2 rings (SSSR count). The first-order valence-electron chi connectivity index (χ1n) is 5.97. The summed E-state index contributed by atoms with van der Waals surface area (Å²) in [5.41, 5.74) is 0.792. The predicted molar refractivity (Wildman–Crippen MR) is 63.7 cm³/mol. The van der Waals surface area contributed by atoms with Crippen molar-refractivity contribution < 1.29 is 23.4 Å². The highest BCUT2D eigenvalue weighted by Gasteiger charge is 2.49. The molecule has 1 amide bonds. The summed E-state index contributed by atoms with van der Waals surface area (Å²) in [5.74, 6) is -4.27. The number of nitrogens with zero attached hydrogens (tertiary/aromatic N) is 1. The fourth-order valence-corrected chi connectivity index (χ4v) is 1.99. The van der Waals surface area contributed by atoms with Crippen LogP contribution in [-0.4, -0.2) is 41.7 Å². The molecule has 1 N–H and O–H groups in total. The lowest BCUT2D eigenvalue weighted by atomic mass is 10.1. The molecule has 1 heterocycles. The number of carbonyl (C=O) groups is 1. The Bertz CT molecular complexity index is 439. The zero-order chi connectivity index (χ0) is 13.9. The third kappa shape index (κ3) is 3.20. The molecule has 1 aromatic rings. The van der Waals surface area contributed by atoms with Gasteiger partial charge in [0.1, 0.15) is 6.61 Å². The van der Waals surface area contributed by atoms with E-state index in [-0.39, 0.29) is 13.2 Å². The average molecular weight is 271 g/mol. The Hall–Kier alpha value is -1.69. The van der Waals surface area contributed by atoms with Gasteiger partial charge in [0, 0.05) is 6.54 Å². The van der Waals surface area contributed by atoms with Gasteiger partial charge in [0.15, 0.2) is 0 Å². The first-order valence-corrected chi connectivity index (χ1v) is 5.97. The average Bonchev–Trinajstić information content (AvgIpc) is 2.72. The molecule has 104 valence electrons. The van der Waals surface area contributed by atoms with Gasteiger partial charge in [-0.1, -0.05) is 30.3 Å². The largest absolute Gasteiger partial charge is 0.445 e. The third-order valence-corrected chi connectivity index (χ3v) is 3.12. The number of carbonyl (C=O) groups excluding carboxylic acids is 1. The van der Waals surface area contributed by atoms with Gasteiger partial charge in [0.25, 0.3) is 5.92 Å². The lowest BCUT2D eigenvalue weighted by molar-refractivity contribution is -0.0431. The molecule has 1 aliphatic heterocycles. The molecule has 1 aliphatic rings. The molecule has 6 heteroatoms. The van der Waals surface area contributed by atoms with E-state index in [1.807, 2.05) is 6.07 Å². The van der Waals surface area contributed by atoms with Crippen molar-refractivity contribution in [2.24, 2.45) is 5.92 Å². The van der Waals surface area contributed by atoms with Gasteiger partial charge >= 0.3 is 6.09 Å². The van der Waals surface area contributed by atoms with Crippen molar-refractivity contribution in [3.05, 3.63) is 35.9 Å².